The topological polar surface area (TPSA) is 56.1 Å². The van der Waals surface area contributed by atoms with E-state index in [1.54, 1.807) is 0 Å². The number of methoxy groups -OCH3 is 1. The third-order valence-corrected chi connectivity index (χ3v) is 2.93. The zero-order valence-electron chi connectivity index (χ0n) is 12.5. The van der Waals surface area contributed by atoms with E-state index >= 15 is 0 Å². The molecule has 0 aliphatic rings. The van der Waals surface area contributed by atoms with Crippen LogP contribution in [0.3, 0.4) is 0 Å². The highest BCUT2D eigenvalue weighted by Crippen LogP contribution is 2.09. The molecule has 1 aromatic heterocycles. The van der Waals surface area contributed by atoms with Crippen LogP contribution in [-0.2, 0) is 16.1 Å². The molecule has 0 aliphatic carbocycles. The summed E-state index contributed by atoms with van der Waals surface area (Å²) in [5.41, 5.74) is 1.08. The molecule has 0 saturated heterocycles. The Morgan fingerprint density at radius 2 is 2.11 bits per heavy atom. The smallest absolute Gasteiger partial charge is 0.322 e. The predicted molar refractivity (Wildman–Crippen MR) is 74.7 cm³/mol. The monoisotopic (exact) mass is 267 g/mol. The van der Waals surface area contributed by atoms with Gasteiger partial charge in [0.2, 0.25) is 0 Å². The molecule has 1 rings (SSSR count). The van der Waals surface area contributed by atoms with E-state index in [1.807, 2.05) is 17.1 Å². The molecule has 108 valence electrons. The fourth-order valence-electron chi connectivity index (χ4n) is 1.87. The van der Waals surface area contributed by atoms with Crippen molar-refractivity contribution in [3.8, 4) is 0 Å². The molecule has 0 amide bonds. The molecule has 19 heavy (non-hydrogen) atoms. The van der Waals surface area contributed by atoms with Crippen molar-refractivity contribution in [2.75, 3.05) is 7.11 Å². The minimum absolute atomic E-state index is 0.204. The third-order valence-electron chi connectivity index (χ3n) is 2.93. The molecule has 1 unspecified atom stereocenters. The normalized spacial score (nSPS) is 13.0. The van der Waals surface area contributed by atoms with E-state index in [2.05, 4.69) is 38.1 Å². The molecule has 0 bridgehead atoms. The van der Waals surface area contributed by atoms with Crippen molar-refractivity contribution < 1.29 is 9.53 Å². The first-order valence-electron chi connectivity index (χ1n) is 6.78. The lowest BCUT2D eigenvalue weighted by Crippen LogP contribution is -2.38. The molecule has 0 aromatic carbocycles. The van der Waals surface area contributed by atoms with Gasteiger partial charge in [0, 0.05) is 24.3 Å². The molecule has 1 heterocycles. The number of hydrogen-bond donors (Lipinski definition) is 1. The second-order valence-electron chi connectivity index (χ2n) is 5.51. The molecule has 0 aliphatic heterocycles. The van der Waals surface area contributed by atoms with E-state index in [9.17, 15) is 4.79 Å². The molecule has 1 atom stereocenters. The highest BCUT2D eigenvalue weighted by molar-refractivity contribution is 5.75. The summed E-state index contributed by atoms with van der Waals surface area (Å²) in [5.74, 6) is 0.236. The second kappa shape index (κ2) is 7.28. The quantitative estimate of drug-likeness (QED) is 0.769. The molecule has 1 N–H and O–H groups in total. The van der Waals surface area contributed by atoms with Gasteiger partial charge in [0.15, 0.2) is 0 Å². The number of esters is 1. The maximum Gasteiger partial charge on any atom is 0.322 e. The van der Waals surface area contributed by atoms with Crippen LogP contribution in [0.5, 0.6) is 0 Å². The van der Waals surface area contributed by atoms with E-state index in [0.29, 0.717) is 18.5 Å². The van der Waals surface area contributed by atoms with Gasteiger partial charge in [0.1, 0.15) is 6.04 Å². The number of aromatic nitrogens is 2. The number of rotatable bonds is 7. The van der Waals surface area contributed by atoms with Crippen LogP contribution in [0.2, 0.25) is 0 Å². The Morgan fingerprint density at radius 1 is 1.42 bits per heavy atom. The van der Waals surface area contributed by atoms with Crippen LogP contribution < -0.4 is 5.32 Å². The zero-order chi connectivity index (χ0) is 14.4. The first-order chi connectivity index (χ1) is 8.93. The van der Waals surface area contributed by atoms with Gasteiger partial charge >= 0.3 is 5.97 Å². The Hall–Kier alpha value is -1.36. The summed E-state index contributed by atoms with van der Waals surface area (Å²) >= 11 is 0. The van der Waals surface area contributed by atoms with Crippen LogP contribution in [0.1, 0.15) is 45.7 Å². The molecule has 0 saturated carbocycles. The minimum Gasteiger partial charge on any atom is -0.468 e. The van der Waals surface area contributed by atoms with Crippen LogP contribution in [0.15, 0.2) is 12.4 Å². The fraction of sp³-hybridized carbons (Fsp3) is 0.714. The van der Waals surface area contributed by atoms with Gasteiger partial charge in [-0.15, -0.1) is 0 Å². The lowest BCUT2D eigenvalue weighted by Gasteiger charge is -2.17. The van der Waals surface area contributed by atoms with E-state index < -0.39 is 0 Å². The van der Waals surface area contributed by atoms with Crippen molar-refractivity contribution in [2.24, 2.45) is 5.92 Å². The van der Waals surface area contributed by atoms with Gasteiger partial charge in [-0.1, -0.05) is 13.8 Å². The standard InChI is InChI=1S/C14H25N3O2/c1-10(2)6-13(14(18)19-5)15-7-12-8-16-17(9-12)11(3)4/h8-11,13,15H,6-7H2,1-5H3. The number of nitrogens with zero attached hydrogens (tertiary/aromatic N) is 2. The molecule has 0 radical (unpaired) electrons. The van der Waals surface area contributed by atoms with Gasteiger partial charge in [-0.05, 0) is 26.2 Å². The lowest BCUT2D eigenvalue weighted by molar-refractivity contribution is -0.143. The summed E-state index contributed by atoms with van der Waals surface area (Å²) in [4.78, 5) is 11.7. The summed E-state index contributed by atoms with van der Waals surface area (Å²) in [6.07, 6.45) is 4.60. The molecular weight excluding hydrogens is 242 g/mol. The maximum absolute atomic E-state index is 11.7. The van der Waals surface area contributed by atoms with Crippen molar-refractivity contribution in [1.82, 2.24) is 15.1 Å². The van der Waals surface area contributed by atoms with Gasteiger partial charge < -0.3 is 10.1 Å². The Balaban J connectivity index is 2.57. The Morgan fingerprint density at radius 3 is 2.58 bits per heavy atom. The Labute approximate surface area is 115 Å². The first-order valence-corrected chi connectivity index (χ1v) is 6.78. The van der Waals surface area contributed by atoms with Crippen LogP contribution in [-0.4, -0.2) is 28.9 Å². The minimum atomic E-state index is -0.257. The van der Waals surface area contributed by atoms with Crippen molar-refractivity contribution in [3.63, 3.8) is 0 Å². The largest absolute Gasteiger partial charge is 0.468 e. The summed E-state index contributed by atoms with van der Waals surface area (Å²) < 4.78 is 6.73. The average Bonchev–Trinajstić information content (AvgIpc) is 2.82. The number of ether oxygens (including phenoxy) is 1. The molecule has 1 aromatic rings. The number of carbonyl (C=O) groups is 1. The lowest BCUT2D eigenvalue weighted by atomic mass is 10.0. The molecular formula is C14H25N3O2. The van der Waals surface area contributed by atoms with Crippen molar-refractivity contribution in [1.29, 1.82) is 0 Å². The van der Waals surface area contributed by atoms with Crippen LogP contribution in [0, 0.1) is 5.92 Å². The molecule has 5 nitrogen and oxygen atoms in total. The summed E-state index contributed by atoms with van der Waals surface area (Å²) in [6, 6.07) is 0.0909. The van der Waals surface area contributed by atoms with Crippen LogP contribution >= 0.6 is 0 Å². The van der Waals surface area contributed by atoms with Crippen LogP contribution in [0.4, 0.5) is 0 Å². The van der Waals surface area contributed by atoms with Gasteiger partial charge in [-0.3, -0.25) is 9.48 Å². The van der Waals surface area contributed by atoms with Gasteiger partial charge in [0.05, 0.1) is 13.3 Å². The van der Waals surface area contributed by atoms with Gasteiger partial charge in [0.25, 0.3) is 0 Å². The van der Waals surface area contributed by atoms with Crippen molar-refractivity contribution in [2.45, 2.75) is 52.7 Å². The molecule has 0 spiro atoms. The van der Waals surface area contributed by atoms with Crippen molar-refractivity contribution >= 4 is 5.97 Å². The first kappa shape index (κ1) is 15.7. The number of carbonyl (C=O) groups excluding carboxylic acids is 1. The van der Waals surface area contributed by atoms with Crippen molar-refractivity contribution in [3.05, 3.63) is 18.0 Å². The highest BCUT2D eigenvalue weighted by atomic mass is 16.5. The molecule has 5 heteroatoms. The summed E-state index contributed by atoms with van der Waals surface area (Å²) in [5, 5.41) is 7.52. The Bertz CT molecular complexity index is 399. The Kier molecular flexibility index (Phi) is 6.02. The van der Waals surface area contributed by atoms with Gasteiger partial charge in [-0.25, -0.2) is 0 Å². The summed E-state index contributed by atoms with van der Waals surface area (Å²) in [6.45, 7) is 8.97. The zero-order valence-corrected chi connectivity index (χ0v) is 12.5. The molecule has 0 fully saturated rings. The number of hydrogen-bond acceptors (Lipinski definition) is 4. The number of nitrogens with one attached hydrogen (secondary N) is 1. The van der Waals surface area contributed by atoms with E-state index in [0.717, 1.165) is 12.0 Å². The maximum atomic E-state index is 11.7. The van der Waals surface area contributed by atoms with E-state index in [4.69, 9.17) is 4.74 Å². The third kappa shape index (κ3) is 5.03. The van der Waals surface area contributed by atoms with E-state index in [-0.39, 0.29) is 12.0 Å². The second-order valence-corrected chi connectivity index (χ2v) is 5.51. The highest BCUT2D eigenvalue weighted by Gasteiger charge is 2.19. The van der Waals surface area contributed by atoms with E-state index in [1.165, 1.54) is 7.11 Å². The summed E-state index contributed by atoms with van der Waals surface area (Å²) in [7, 11) is 1.42. The SMILES string of the molecule is COC(=O)C(CC(C)C)NCc1cnn(C(C)C)c1. The predicted octanol–water partition coefficient (Wildman–Crippen LogP) is 2.14. The van der Waals surface area contributed by atoms with Gasteiger partial charge in [-0.2, -0.15) is 5.10 Å². The fourth-order valence-corrected chi connectivity index (χ4v) is 1.87. The average molecular weight is 267 g/mol. The van der Waals surface area contributed by atoms with Crippen LogP contribution in [0.25, 0.3) is 0 Å².